The summed E-state index contributed by atoms with van der Waals surface area (Å²) in [4.78, 5) is 24.7. The third kappa shape index (κ3) is 4.21. The third-order valence-electron chi connectivity index (χ3n) is 3.41. The van der Waals surface area contributed by atoms with Gasteiger partial charge in [0.25, 0.3) is 5.91 Å². The zero-order valence-corrected chi connectivity index (χ0v) is 15.4. The molecule has 1 amide bonds. The third-order valence-corrected chi connectivity index (χ3v) is 4.78. The van der Waals surface area contributed by atoms with Gasteiger partial charge in [0.15, 0.2) is 11.5 Å². The summed E-state index contributed by atoms with van der Waals surface area (Å²) in [5.41, 5.74) is 1.59. The summed E-state index contributed by atoms with van der Waals surface area (Å²) < 4.78 is 11.0. The number of carbonyl (C=O) groups excluding carboxylic acids is 1. The first-order chi connectivity index (χ1) is 11.9. The Labute approximate surface area is 155 Å². The van der Waals surface area contributed by atoms with Crippen molar-refractivity contribution in [2.75, 3.05) is 20.8 Å². The number of methoxy groups -OCH3 is 2. The molecule has 0 spiro atoms. The molecule has 1 aromatic carbocycles. The van der Waals surface area contributed by atoms with Crippen LogP contribution in [0.15, 0.2) is 29.7 Å². The number of allylic oxidation sites excluding steroid dienone is 1. The lowest BCUT2D eigenvalue weighted by Crippen LogP contribution is -2.33. The Kier molecular flexibility index (Phi) is 6.22. The maximum Gasteiger partial charge on any atom is 0.323 e. The second-order valence-corrected chi connectivity index (χ2v) is 6.75. The Balaban J connectivity index is 2.42. The number of thiocarbonyl (C=S) groups is 1. The van der Waals surface area contributed by atoms with Crippen molar-refractivity contribution in [3.05, 3.63) is 40.8 Å². The summed E-state index contributed by atoms with van der Waals surface area (Å²) in [5, 5.41) is 8.88. The Hall–Kier alpha value is -2.32. The van der Waals surface area contributed by atoms with Gasteiger partial charge in [0.1, 0.15) is 10.9 Å². The second-order valence-electron chi connectivity index (χ2n) is 5.07. The van der Waals surface area contributed by atoms with Crippen LogP contribution in [0.1, 0.15) is 11.1 Å². The molecule has 0 bridgehead atoms. The highest BCUT2D eigenvalue weighted by Crippen LogP contribution is 2.36. The molecule has 0 saturated carbocycles. The SMILES string of the molecule is C=CCc1cc(/C=C2/SC(=S)N(CC(=O)O)C2=O)cc(OC)c1OC. The monoisotopic (exact) mass is 379 g/mol. The van der Waals surface area contributed by atoms with Crippen LogP contribution in [0.3, 0.4) is 0 Å². The van der Waals surface area contributed by atoms with E-state index in [2.05, 4.69) is 6.58 Å². The van der Waals surface area contributed by atoms with E-state index in [4.69, 9.17) is 26.8 Å². The molecule has 0 atom stereocenters. The molecule has 1 N–H and O–H groups in total. The lowest BCUT2D eigenvalue weighted by Gasteiger charge is -2.13. The first-order valence-electron chi connectivity index (χ1n) is 7.24. The molecule has 25 heavy (non-hydrogen) atoms. The number of carbonyl (C=O) groups is 2. The second kappa shape index (κ2) is 8.17. The molecule has 1 saturated heterocycles. The van der Waals surface area contributed by atoms with Crippen molar-refractivity contribution < 1.29 is 24.2 Å². The summed E-state index contributed by atoms with van der Waals surface area (Å²) >= 11 is 6.17. The smallest absolute Gasteiger partial charge is 0.323 e. The maximum absolute atomic E-state index is 12.4. The first-order valence-corrected chi connectivity index (χ1v) is 8.46. The van der Waals surface area contributed by atoms with Crippen LogP contribution < -0.4 is 9.47 Å². The van der Waals surface area contributed by atoms with Crippen LogP contribution in [0.25, 0.3) is 6.08 Å². The fourth-order valence-electron chi connectivity index (χ4n) is 2.38. The number of amides is 1. The summed E-state index contributed by atoms with van der Waals surface area (Å²) in [6, 6.07) is 3.61. The molecule has 132 valence electrons. The van der Waals surface area contributed by atoms with Gasteiger partial charge in [0, 0.05) is 5.56 Å². The van der Waals surface area contributed by atoms with Gasteiger partial charge in [-0.05, 0) is 30.2 Å². The number of ether oxygens (including phenoxy) is 2. The van der Waals surface area contributed by atoms with Gasteiger partial charge in [-0.1, -0.05) is 30.1 Å². The molecule has 1 aromatic rings. The van der Waals surface area contributed by atoms with E-state index < -0.39 is 18.4 Å². The summed E-state index contributed by atoms with van der Waals surface area (Å²) in [6.07, 6.45) is 3.98. The molecule has 1 aliphatic heterocycles. The van der Waals surface area contributed by atoms with Gasteiger partial charge in [-0.25, -0.2) is 0 Å². The molecule has 1 aliphatic rings. The number of aliphatic carboxylic acids is 1. The lowest BCUT2D eigenvalue weighted by molar-refractivity contribution is -0.140. The van der Waals surface area contributed by atoms with Crippen molar-refractivity contribution in [3.63, 3.8) is 0 Å². The van der Waals surface area contributed by atoms with Gasteiger partial charge in [-0.15, -0.1) is 6.58 Å². The van der Waals surface area contributed by atoms with E-state index in [9.17, 15) is 9.59 Å². The Morgan fingerprint density at radius 2 is 2.12 bits per heavy atom. The van der Waals surface area contributed by atoms with Gasteiger partial charge in [-0.3, -0.25) is 14.5 Å². The van der Waals surface area contributed by atoms with E-state index in [0.717, 1.165) is 27.8 Å². The standard InChI is InChI=1S/C17H17NO5S2/c1-4-5-11-6-10(7-12(22-2)15(11)23-3)8-13-16(21)18(9-14(19)20)17(24)25-13/h4,6-8H,1,5,9H2,2-3H3,(H,19,20)/b13-8+. The van der Waals surface area contributed by atoms with Crippen molar-refractivity contribution >= 4 is 46.3 Å². The predicted molar refractivity (Wildman–Crippen MR) is 101 cm³/mol. The summed E-state index contributed by atoms with van der Waals surface area (Å²) in [6.45, 7) is 3.28. The van der Waals surface area contributed by atoms with E-state index in [1.807, 2.05) is 6.07 Å². The average molecular weight is 379 g/mol. The van der Waals surface area contributed by atoms with Gasteiger partial charge < -0.3 is 14.6 Å². The van der Waals surface area contributed by atoms with Crippen molar-refractivity contribution in [2.24, 2.45) is 0 Å². The minimum atomic E-state index is -1.11. The van der Waals surface area contributed by atoms with Crippen molar-refractivity contribution in [1.82, 2.24) is 4.90 Å². The van der Waals surface area contributed by atoms with Crippen LogP contribution >= 0.6 is 24.0 Å². The fraction of sp³-hybridized carbons (Fsp3) is 0.235. The number of thioether (sulfide) groups is 1. The fourth-order valence-corrected chi connectivity index (χ4v) is 3.64. The molecule has 0 aromatic heterocycles. The highest BCUT2D eigenvalue weighted by atomic mass is 32.2. The number of carboxylic acid groups (broad SMARTS) is 1. The molecular formula is C17H17NO5S2. The van der Waals surface area contributed by atoms with Crippen LogP contribution in [0, 0.1) is 0 Å². The summed E-state index contributed by atoms with van der Waals surface area (Å²) in [5.74, 6) is -0.388. The number of nitrogens with zero attached hydrogens (tertiary/aromatic N) is 1. The molecule has 0 unspecified atom stereocenters. The molecule has 0 radical (unpaired) electrons. The van der Waals surface area contributed by atoms with Gasteiger partial charge in [0.2, 0.25) is 0 Å². The van der Waals surface area contributed by atoms with Crippen molar-refractivity contribution in [3.8, 4) is 11.5 Å². The molecular weight excluding hydrogens is 362 g/mol. The molecule has 6 nitrogen and oxygen atoms in total. The molecule has 0 aliphatic carbocycles. The van der Waals surface area contributed by atoms with Crippen molar-refractivity contribution in [1.29, 1.82) is 0 Å². The number of hydrogen-bond acceptors (Lipinski definition) is 6. The maximum atomic E-state index is 12.4. The molecule has 8 heteroatoms. The number of hydrogen-bond donors (Lipinski definition) is 1. The van der Waals surface area contributed by atoms with E-state index in [0.29, 0.717) is 22.8 Å². The van der Waals surface area contributed by atoms with Crippen LogP contribution in [0.5, 0.6) is 11.5 Å². The number of benzene rings is 1. The highest BCUT2D eigenvalue weighted by molar-refractivity contribution is 8.26. The van der Waals surface area contributed by atoms with E-state index in [1.165, 1.54) is 7.11 Å². The summed E-state index contributed by atoms with van der Waals surface area (Å²) in [7, 11) is 3.09. The van der Waals surface area contributed by atoms with E-state index in [1.54, 1.807) is 25.3 Å². The minimum absolute atomic E-state index is 0.227. The quantitative estimate of drug-likeness (QED) is 0.443. The zero-order valence-electron chi connectivity index (χ0n) is 13.8. The van der Waals surface area contributed by atoms with Crippen molar-refractivity contribution in [2.45, 2.75) is 6.42 Å². The number of rotatable bonds is 7. The normalized spacial score (nSPS) is 15.6. The van der Waals surface area contributed by atoms with E-state index in [-0.39, 0.29) is 4.32 Å². The van der Waals surface area contributed by atoms with Crippen LogP contribution in [0.2, 0.25) is 0 Å². The Bertz CT molecular complexity index is 773. The van der Waals surface area contributed by atoms with Gasteiger partial charge in [-0.2, -0.15) is 0 Å². The predicted octanol–water partition coefficient (Wildman–Crippen LogP) is 2.72. The minimum Gasteiger partial charge on any atom is -0.493 e. The number of carboxylic acids is 1. The van der Waals surface area contributed by atoms with Gasteiger partial charge in [0.05, 0.1) is 19.1 Å². The zero-order chi connectivity index (χ0) is 18.6. The molecule has 2 rings (SSSR count). The topological polar surface area (TPSA) is 76.1 Å². The molecule has 1 fully saturated rings. The molecule has 1 heterocycles. The average Bonchev–Trinajstić information content (AvgIpc) is 2.81. The lowest BCUT2D eigenvalue weighted by atomic mass is 10.0. The van der Waals surface area contributed by atoms with Crippen LogP contribution in [-0.2, 0) is 16.0 Å². The van der Waals surface area contributed by atoms with Crippen LogP contribution in [-0.4, -0.2) is 47.0 Å². The first kappa shape index (κ1) is 19.0. The van der Waals surface area contributed by atoms with Gasteiger partial charge >= 0.3 is 5.97 Å². The van der Waals surface area contributed by atoms with Crippen LogP contribution in [0.4, 0.5) is 0 Å². The Morgan fingerprint density at radius 3 is 2.68 bits per heavy atom. The Morgan fingerprint density at radius 1 is 1.40 bits per heavy atom. The van der Waals surface area contributed by atoms with E-state index >= 15 is 0 Å². The largest absolute Gasteiger partial charge is 0.493 e. The highest BCUT2D eigenvalue weighted by Gasteiger charge is 2.33.